The predicted molar refractivity (Wildman–Crippen MR) is 85.1 cm³/mol. The van der Waals surface area contributed by atoms with Gasteiger partial charge in [-0.2, -0.15) is 0 Å². The molecule has 0 bridgehead atoms. The summed E-state index contributed by atoms with van der Waals surface area (Å²) in [6.45, 7) is 5.78. The zero-order valence-corrected chi connectivity index (χ0v) is 14.3. The van der Waals surface area contributed by atoms with E-state index in [2.05, 4.69) is 81.2 Å². The molecule has 1 N–H and O–H groups in total. The van der Waals surface area contributed by atoms with Crippen molar-refractivity contribution in [1.82, 2.24) is 4.90 Å². The molecule has 1 aliphatic heterocycles. The Bertz CT molecular complexity index is 422. The van der Waals surface area contributed by atoms with Crippen LogP contribution in [0.3, 0.4) is 0 Å². The summed E-state index contributed by atoms with van der Waals surface area (Å²) in [5, 5.41) is 3.69. The van der Waals surface area contributed by atoms with E-state index in [4.69, 9.17) is 0 Å². The highest BCUT2D eigenvalue weighted by molar-refractivity contribution is 9.11. The van der Waals surface area contributed by atoms with Crippen LogP contribution in [0.1, 0.15) is 20.3 Å². The molecule has 1 aromatic rings. The average Bonchev–Trinajstić information content (AvgIpc) is 2.30. The van der Waals surface area contributed by atoms with E-state index < -0.39 is 0 Å². The Morgan fingerprint density at radius 2 is 2.00 bits per heavy atom. The van der Waals surface area contributed by atoms with Crippen LogP contribution in [0.4, 0.5) is 5.69 Å². The monoisotopic (exact) mass is 374 g/mol. The van der Waals surface area contributed by atoms with Gasteiger partial charge in [-0.25, -0.2) is 0 Å². The number of nitrogens with zero attached hydrogens (tertiary/aromatic N) is 1. The van der Waals surface area contributed by atoms with Crippen LogP contribution in [-0.4, -0.2) is 30.6 Å². The van der Waals surface area contributed by atoms with Crippen LogP contribution in [0, 0.1) is 5.92 Å². The van der Waals surface area contributed by atoms with E-state index in [1.807, 2.05) is 0 Å². The molecule has 0 radical (unpaired) electrons. The molecule has 18 heavy (non-hydrogen) atoms. The number of nitrogens with one attached hydrogen (secondary N) is 1. The second-order valence-corrected chi connectivity index (χ2v) is 7.15. The smallest absolute Gasteiger partial charge is 0.0498 e. The molecule has 0 spiro atoms. The summed E-state index contributed by atoms with van der Waals surface area (Å²) in [6, 6.07) is 7.46. The SMILES string of the molecule is CC1CN(C)C(C)CC1Nc1cc(Br)ccc1Br. The molecule has 100 valence electrons. The van der Waals surface area contributed by atoms with E-state index in [-0.39, 0.29) is 0 Å². The molecule has 1 aliphatic rings. The van der Waals surface area contributed by atoms with Gasteiger partial charge in [0.2, 0.25) is 0 Å². The van der Waals surface area contributed by atoms with Crippen LogP contribution in [0.5, 0.6) is 0 Å². The number of piperidine rings is 1. The average molecular weight is 376 g/mol. The number of anilines is 1. The van der Waals surface area contributed by atoms with Crippen molar-refractivity contribution in [1.29, 1.82) is 0 Å². The summed E-state index contributed by atoms with van der Waals surface area (Å²) >= 11 is 7.14. The summed E-state index contributed by atoms with van der Waals surface area (Å²) in [7, 11) is 2.21. The highest BCUT2D eigenvalue weighted by Gasteiger charge is 2.28. The third kappa shape index (κ3) is 3.28. The van der Waals surface area contributed by atoms with Gasteiger partial charge in [-0.15, -0.1) is 0 Å². The van der Waals surface area contributed by atoms with Gasteiger partial charge < -0.3 is 10.2 Å². The van der Waals surface area contributed by atoms with E-state index in [0.29, 0.717) is 18.0 Å². The normalized spacial score (nSPS) is 29.3. The van der Waals surface area contributed by atoms with Gasteiger partial charge >= 0.3 is 0 Å². The summed E-state index contributed by atoms with van der Waals surface area (Å²) in [6.07, 6.45) is 1.19. The van der Waals surface area contributed by atoms with Crippen molar-refractivity contribution in [3.8, 4) is 0 Å². The van der Waals surface area contributed by atoms with Crippen molar-refractivity contribution in [2.45, 2.75) is 32.4 Å². The van der Waals surface area contributed by atoms with Gasteiger partial charge in [-0.05, 0) is 60.4 Å². The Labute approximate surface area is 126 Å². The molecule has 3 unspecified atom stereocenters. The van der Waals surface area contributed by atoms with Gasteiger partial charge in [-0.1, -0.05) is 22.9 Å². The molecule has 4 heteroatoms. The molecular weight excluding hydrogens is 356 g/mol. The van der Waals surface area contributed by atoms with Crippen LogP contribution in [0.2, 0.25) is 0 Å². The molecule has 0 amide bonds. The first-order chi connectivity index (χ1) is 8.47. The largest absolute Gasteiger partial charge is 0.381 e. The second-order valence-electron chi connectivity index (χ2n) is 5.38. The van der Waals surface area contributed by atoms with Crippen molar-refractivity contribution in [2.75, 3.05) is 18.9 Å². The topological polar surface area (TPSA) is 15.3 Å². The minimum absolute atomic E-state index is 0.543. The second kappa shape index (κ2) is 5.93. The van der Waals surface area contributed by atoms with E-state index >= 15 is 0 Å². The number of likely N-dealkylation sites (tertiary alicyclic amines) is 1. The maximum absolute atomic E-state index is 3.69. The minimum Gasteiger partial charge on any atom is -0.381 e. The lowest BCUT2D eigenvalue weighted by Crippen LogP contribution is -2.48. The van der Waals surface area contributed by atoms with Gasteiger partial charge in [-0.3, -0.25) is 0 Å². The quantitative estimate of drug-likeness (QED) is 0.826. The Morgan fingerprint density at radius 3 is 2.72 bits per heavy atom. The van der Waals surface area contributed by atoms with E-state index in [1.165, 1.54) is 12.1 Å². The van der Waals surface area contributed by atoms with Gasteiger partial charge in [0.05, 0.1) is 0 Å². The minimum atomic E-state index is 0.543. The van der Waals surface area contributed by atoms with Crippen LogP contribution < -0.4 is 5.32 Å². The molecule has 0 aliphatic carbocycles. The van der Waals surface area contributed by atoms with E-state index in [1.54, 1.807) is 0 Å². The molecule has 0 aromatic heterocycles. The van der Waals surface area contributed by atoms with E-state index in [9.17, 15) is 0 Å². The zero-order chi connectivity index (χ0) is 13.3. The Morgan fingerprint density at radius 1 is 1.28 bits per heavy atom. The van der Waals surface area contributed by atoms with Crippen molar-refractivity contribution in [2.24, 2.45) is 5.92 Å². The Kier molecular flexibility index (Phi) is 4.73. The maximum atomic E-state index is 3.69. The van der Waals surface area contributed by atoms with E-state index in [0.717, 1.165) is 15.5 Å². The molecular formula is C14H20Br2N2. The summed E-state index contributed by atoms with van der Waals surface area (Å²) < 4.78 is 2.24. The van der Waals surface area contributed by atoms with Gasteiger partial charge in [0.25, 0.3) is 0 Å². The van der Waals surface area contributed by atoms with Crippen LogP contribution in [-0.2, 0) is 0 Å². The lowest BCUT2D eigenvalue weighted by atomic mass is 9.89. The third-order valence-corrected chi connectivity index (χ3v) is 5.06. The van der Waals surface area contributed by atoms with Crippen molar-refractivity contribution in [3.63, 3.8) is 0 Å². The molecule has 1 saturated heterocycles. The van der Waals surface area contributed by atoms with Crippen LogP contribution in [0.25, 0.3) is 0 Å². The maximum Gasteiger partial charge on any atom is 0.0498 e. The first-order valence-electron chi connectivity index (χ1n) is 6.39. The third-order valence-electron chi connectivity index (χ3n) is 3.88. The molecule has 2 nitrogen and oxygen atoms in total. The Hall–Kier alpha value is -0.0600. The van der Waals surface area contributed by atoms with Gasteiger partial charge in [0, 0.05) is 33.3 Å². The molecule has 2 rings (SSSR count). The summed E-state index contributed by atoms with van der Waals surface area (Å²) in [5.74, 6) is 0.664. The number of hydrogen-bond donors (Lipinski definition) is 1. The van der Waals surface area contributed by atoms with Crippen molar-refractivity contribution < 1.29 is 0 Å². The molecule has 1 heterocycles. The first kappa shape index (κ1) is 14.4. The lowest BCUT2D eigenvalue weighted by Gasteiger charge is -2.40. The molecule has 0 saturated carbocycles. The highest BCUT2D eigenvalue weighted by atomic mass is 79.9. The fourth-order valence-corrected chi connectivity index (χ4v) is 3.27. The number of hydrogen-bond acceptors (Lipinski definition) is 2. The predicted octanol–water partition coefficient (Wildman–Crippen LogP) is 4.35. The first-order valence-corrected chi connectivity index (χ1v) is 7.98. The zero-order valence-electron chi connectivity index (χ0n) is 11.1. The molecule has 1 aromatic carbocycles. The Balaban J connectivity index is 2.11. The fourth-order valence-electron chi connectivity index (χ4n) is 2.55. The standard InChI is InChI=1S/C14H20Br2N2/c1-9-8-18(3)10(2)6-13(9)17-14-7-11(15)4-5-12(14)16/h4-5,7,9-10,13,17H,6,8H2,1-3H3. The number of halogens is 2. The molecule has 3 atom stereocenters. The van der Waals surface area contributed by atoms with Gasteiger partial charge in [0.15, 0.2) is 0 Å². The fraction of sp³-hybridized carbons (Fsp3) is 0.571. The lowest BCUT2D eigenvalue weighted by molar-refractivity contribution is 0.145. The van der Waals surface area contributed by atoms with Gasteiger partial charge in [0.1, 0.15) is 0 Å². The number of benzene rings is 1. The molecule has 1 fully saturated rings. The summed E-state index contributed by atoms with van der Waals surface area (Å²) in [4.78, 5) is 2.44. The van der Waals surface area contributed by atoms with Crippen molar-refractivity contribution in [3.05, 3.63) is 27.1 Å². The van der Waals surface area contributed by atoms with Crippen LogP contribution in [0.15, 0.2) is 27.1 Å². The highest BCUT2D eigenvalue weighted by Crippen LogP contribution is 2.30. The summed E-state index contributed by atoms with van der Waals surface area (Å²) in [5.41, 5.74) is 1.18. The van der Waals surface area contributed by atoms with Crippen molar-refractivity contribution >= 4 is 37.5 Å². The number of rotatable bonds is 2. The van der Waals surface area contributed by atoms with Crippen LogP contribution >= 0.6 is 31.9 Å².